The first kappa shape index (κ1) is 11.0. The molecule has 0 spiro atoms. The van der Waals surface area contributed by atoms with Crippen LogP contribution in [0.1, 0.15) is 32.5 Å². The van der Waals surface area contributed by atoms with Crippen molar-refractivity contribution in [2.75, 3.05) is 0 Å². The Labute approximate surface area is 106 Å². The molecule has 1 aliphatic carbocycles. The number of hydrogen-bond donors (Lipinski definition) is 0. The summed E-state index contributed by atoms with van der Waals surface area (Å²) in [5, 5.41) is 0. The van der Waals surface area contributed by atoms with E-state index >= 15 is 0 Å². The molecule has 0 N–H and O–H groups in total. The lowest BCUT2D eigenvalue weighted by molar-refractivity contribution is 0.306. The molecule has 0 unspecified atom stereocenters. The van der Waals surface area contributed by atoms with E-state index < -0.39 is 0 Å². The highest BCUT2D eigenvalue weighted by Crippen LogP contribution is 2.45. The average Bonchev–Trinajstić information content (AvgIpc) is 3.09. The van der Waals surface area contributed by atoms with Crippen molar-refractivity contribution in [3.63, 3.8) is 0 Å². The summed E-state index contributed by atoms with van der Waals surface area (Å²) in [6, 6.07) is 2.03. The van der Waals surface area contributed by atoms with E-state index in [1.165, 1.54) is 12.8 Å². The third-order valence-electron chi connectivity index (χ3n) is 3.80. The maximum absolute atomic E-state index is 6.03. The molecule has 0 atom stereocenters. The lowest BCUT2D eigenvalue weighted by Crippen LogP contribution is -2.30. The highest BCUT2D eigenvalue weighted by Gasteiger charge is 2.40. The second kappa shape index (κ2) is 3.70. The summed E-state index contributed by atoms with van der Waals surface area (Å²) >= 11 is 6.03. The monoisotopic (exact) mass is 249 g/mol. The Morgan fingerprint density at radius 3 is 2.88 bits per heavy atom. The molecule has 2 heterocycles. The second-order valence-corrected chi connectivity index (χ2v) is 5.56. The van der Waals surface area contributed by atoms with Crippen LogP contribution in [-0.4, -0.2) is 14.5 Å². The zero-order valence-electron chi connectivity index (χ0n) is 10.2. The average molecular weight is 250 g/mol. The number of halogens is 1. The molecule has 0 aliphatic heterocycles. The number of imidazole rings is 1. The Bertz CT molecular complexity index is 555. The van der Waals surface area contributed by atoms with Crippen LogP contribution in [0.5, 0.6) is 0 Å². The topological polar surface area (TPSA) is 30.7 Å². The number of pyridine rings is 1. The molecule has 2 aromatic rings. The lowest BCUT2D eigenvalue weighted by Gasteiger charge is -2.29. The van der Waals surface area contributed by atoms with E-state index in [0.29, 0.717) is 5.88 Å². The fraction of sp³-hybridized carbons (Fsp3) is 0.538. The highest BCUT2D eigenvalue weighted by atomic mass is 35.5. The van der Waals surface area contributed by atoms with Crippen molar-refractivity contribution >= 4 is 22.6 Å². The molecule has 3 rings (SSSR count). The van der Waals surface area contributed by atoms with Gasteiger partial charge < -0.3 is 4.57 Å². The van der Waals surface area contributed by atoms with Crippen LogP contribution in [0.2, 0.25) is 0 Å². The summed E-state index contributed by atoms with van der Waals surface area (Å²) in [5.74, 6) is 2.15. The fourth-order valence-corrected chi connectivity index (χ4v) is 2.87. The maximum Gasteiger partial charge on any atom is 0.125 e. The molecule has 2 aromatic heterocycles. The van der Waals surface area contributed by atoms with Crippen LogP contribution in [0.4, 0.5) is 0 Å². The molecule has 0 amide bonds. The molecular weight excluding hydrogens is 234 g/mol. The van der Waals surface area contributed by atoms with Crippen LogP contribution in [0.3, 0.4) is 0 Å². The van der Waals surface area contributed by atoms with Crippen molar-refractivity contribution in [2.24, 2.45) is 5.92 Å². The number of alkyl halides is 1. The molecule has 0 radical (unpaired) electrons. The summed E-state index contributed by atoms with van der Waals surface area (Å²) in [6.45, 7) is 4.56. The Morgan fingerprint density at radius 2 is 2.24 bits per heavy atom. The summed E-state index contributed by atoms with van der Waals surface area (Å²) in [4.78, 5) is 8.70. The van der Waals surface area contributed by atoms with Crippen LogP contribution in [0.15, 0.2) is 18.5 Å². The Kier molecular flexibility index (Phi) is 2.40. The third-order valence-corrected chi connectivity index (χ3v) is 4.04. The van der Waals surface area contributed by atoms with E-state index in [1.807, 2.05) is 18.5 Å². The molecule has 17 heavy (non-hydrogen) atoms. The summed E-state index contributed by atoms with van der Waals surface area (Å²) in [6.07, 6.45) is 6.24. The van der Waals surface area contributed by atoms with Gasteiger partial charge in [0.2, 0.25) is 0 Å². The van der Waals surface area contributed by atoms with Gasteiger partial charge in [-0.2, -0.15) is 0 Å². The molecule has 1 aliphatic rings. The summed E-state index contributed by atoms with van der Waals surface area (Å²) < 4.78 is 2.30. The number of hydrogen-bond acceptors (Lipinski definition) is 2. The van der Waals surface area contributed by atoms with E-state index in [1.54, 1.807) is 0 Å². The Balaban J connectivity index is 2.25. The van der Waals surface area contributed by atoms with E-state index in [-0.39, 0.29) is 5.54 Å². The van der Waals surface area contributed by atoms with Crippen LogP contribution in [0, 0.1) is 5.92 Å². The lowest BCUT2D eigenvalue weighted by atomic mass is 9.98. The predicted octanol–water partition coefficient (Wildman–Crippen LogP) is 3.32. The van der Waals surface area contributed by atoms with Gasteiger partial charge in [-0.1, -0.05) is 0 Å². The van der Waals surface area contributed by atoms with Crippen LogP contribution in [0.25, 0.3) is 11.0 Å². The van der Waals surface area contributed by atoms with Crippen molar-refractivity contribution < 1.29 is 0 Å². The molecular formula is C13H16ClN3. The summed E-state index contributed by atoms with van der Waals surface area (Å²) in [7, 11) is 0. The first-order chi connectivity index (χ1) is 8.14. The molecule has 1 saturated carbocycles. The quantitative estimate of drug-likeness (QED) is 0.782. The minimum atomic E-state index is 0.0975. The smallest absolute Gasteiger partial charge is 0.125 e. The van der Waals surface area contributed by atoms with Crippen molar-refractivity contribution in [1.82, 2.24) is 14.5 Å². The van der Waals surface area contributed by atoms with E-state index in [2.05, 4.69) is 28.4 Å². The molecule has 0 aromatic carbocycles. The van der Waals surface area contributed by atoms with Crippen molar-refractivity contribution in [3.05, 3.63) is 24.3 Å². The Hall–Kier alpha value is -1.09. The zero-order chi connectivity index (χ0) is 12.0. The van der Waals surface area contributed by atoms with Crippen LogP contribution >= 0.6 is 11.6 Å². The minimum Gasteiger partial charge on any atom is -0.321 e. The van der Waals surface area contributed by atoms with Gasteiger partial charge in [0, 0.05) is 11.7 Å². The number of fused-ring (bicyclic) bond motifs is 1. The number of aromatic nitrogens is 3. The highest BCUT2D eigenvalue weighted by molar-refractivity contribution is 6.16. The van der Waals surface area contributed by atoms with Gasteiger partial charge >= 0.3 is 0 Å². The van der Waals surface area contributed by atoms with E-state index in [0.717, 1.165) is 22.8 Å². The summed E-state index contributed by atoms with van der Waals surface area (Å²) in [5.41, 5.74) is 2.18. The van der Waals surface area contributed by atoms with E-state index in [9.17, 15) is 0 Å². The number of rotatable bonds is 3. The van der Waals surface area contributed by atoms with Gasteiger partial charge in [0.15, 0.2) is 0 Å². The minimum absolute atomic E-state index is 0.0975. The predicted molar refractivity (Wildman–Crippen MR) is 69.1 cm³/mol. The standard InChI is InChI=1S/C13H16ClN3/c1-13(2,9-3-4-9)17-11-5-6-15-8-10(11)16-12(17)7-14/h5-6,8-9H,3-4,7H2,1-2H3. The normalized spacial score (nSPS) is 16.6. The van der Waals surface area contributed by atoms with Crippen LogP contribution < -0.4 is 0 Å². The van der Waals surface area contributed by atoms with Gasteiger partial charge in [-0.25, -0.2) is 4.98 Å². The third kappa shape index (κ3) is 1.64. The second-order valence-electron chi connectivity index (χ2n) is 5.29. The van der Waals surface area contributed by atoms with Gasteiger partial charge in [-0.3, -0.25) is 4.98 Å². The molecule has 0 bridgehead atoms. The fourth-order valence-electron chi connectivity index (χ4n) is 2.69. The number of nitrogens with zero attached hydrogens (tertiary/aromatic N) is 3. The van der Waals surface area contributed by atoms with Crippen LogP contribution in [-0.2, 0) is 11.4 Å². The maximum atomic E-state index is 6.03. The molecule has 3 nitrogen and oxygen atoms in total. The van der Waals surface area contributed by atoms with Gasteiger partial charge in [0.1, 0.15) is 11.3 Å². The van der Waals surface area contributed by atoms with Gasteiger partial charge in [-0.05, 0) is 38.7 Å². The van der Waals surface area contributed by atoms with Crippen molar-refractivity contribution in [3.8, 4) is 0 Å². The molecule has 90 valence electrons. The van der Waals surface area contributed by atoms with Gasteiger partial charge in [0.25, 0.3) is 0 Å². The zero-order valence-corrected chi connectivity index (χ0v) is 10.9. The molecule has 0 saturated heterocycles. The first-order valence-corrected chi connectivity index (χ1v) is 6.56. The van der Waals surface area contributed by atoms with E-state index in [4.69, 9.17) is 11.6 Å². The SMILES string of the molecule is CC(C)(C1CC1)n1c(CCl)nc2cnccc21. The molecule has 4 heteroatoms. The van der Waals surface area contributed by atoms with Gasteiger partial charge in [0.05, 0.1) is 17.6 Å². The van der Waals surface area contributed by atoms with Gasteiger partial charge in [-0.15, -0.1) is 11.6 Å². The van der Waals surface area contributed by atoms with Crippen molar-refractivity contribution in [1.29, 1.82) is 0 Å². The first-order valence-electron chi connectivity index (χ1n) is 6.02. The Morgan fingerprint density at radius 1 is 1.47 bits per heavy atom. The largest absolute Gasteiger partial charge is 0.321 e. The molecule has 1 fully saturated rings. The van der Waals surface area contributed by atoms with Crippen molar-refractivity contribution in [2.45, 2.75) is 38.1 Å².